The summed E-state index contributed by atoms with van der Waals surface area (Å²) in [6.45, 7) is 3.62. The predicted octanol–water partition coefficient (Wildman–Crippen LogP) is 0.833. The van der Waals surface area contributed by atoms with Crippen molar-refractivity contribution in [2.24, 2.45) is 11.1 Å². The molecule has 0 saturated heterocycles. The lowest BCUT2D eigenvalue weighted by Gasteiger charge is -2.11. The highest BCUT2D eigenvalue weighted by Gasteiger charge is 2.69. The van der Waals surface area contributed by atoms with Crippen molar-refractivity contribution in [3.05, 3.63) is 35.4 Å². The van der Waals surface area contributed by atoms with Crippen LogP contribution >= 0.6 is 0 Å². The van der Waals surface area contributed by atoms with E-state index in [1.165, 1.54) is 0 Å². The van der Waals surface area contributed by atoms with Gasteiger partial charge in [0, 0.05) is 23.6 Å². The first-order valence-electron chi connectivity index (χ1n) is 6.52. The fourth-order valence-corrected chi connectivity index (χ4v) is 5.13. The number of nitrogens with two attached hydrogens (primary N) is 1. The van der Waals surface area contributed by atoms with E-state index in [0.717, 1.165) is 11.1 Å². The third-order valence-electron chi connectivity index (χ3n) is 4.28. The molecule has 5 heteroatoms. The highest BCUT2D eigenvalue weighted by molar-refractivity contribution is 7.92. The molecule has 0 aliphatic heterocycles. The van der Waals surface area contributed by atoms with Gasteiger partial charge in [0.05, 0.1) is 11.9 Å². The molecule has 1 aliphatic rings. The van der Waals surface area contributed by atoms with Crippen LogP contribution in [0.1, 0.15) is 24.0 Å². The van der Waals surface area contributed by atoms with E-state index in [9.17, 15) is 13.5 Å². The van der Waals surface area contributed by atoms with Gasteiger partial charge in [0.25, 0.3) is 0 Å². The number of benzene rings is 1. The van der Waals surface area contributed by atoms with Crippen LogP contribution in [0.25, 0.3) is 0 Å². The van der Waals surface area contributed by atoms with Gasteiger partial charge in [0.2, 0.25) is 0 Å². The molecule has 3 N–H and O–H groups in total. The lowest BCUT2D eigenvalue weighted by atomic mass is 9.99. The molecule has 0 bridgehead atoms. The fourth-order valence-electron chi connectivity index (χ4n) is 2.97. The van der Waals surface area contributed by atoms with E-state index in [2.05, 4.69) is 0 Å². The normalized spacial score (nSPS) is 30.3. The average molecular weight is 283 g/mol. The molecule has 1 fully saturated rings. The molecule has 19 heavy (non-hydrogen) atoms. The summed E-state index contributed by atoms with van der Waals surface area (Å²) in [6.07, 6.45) is 0. The lowest BCUT2D eigenvalue weighted by molar-refractivity contribution is 0.212. The van der Waals surface area contributed by atoms with Gasteiger partial charge in [0.1, 0.15) is 0 Å². The van der Waals surface area contributed by atoms with Crippen molar-refractivity contribution in [1.82, 2.24) is 0 Å². The van der Waals surface area contributed by atoms with Crippen molar-refractivity contribution in [3.8, 4) is 0 Å². The number of aryl methyl sites for hydroxylation is 1. The van der Waals surface area contributed by atoms with Crippen LogP contribution in [0.3, 0.4) is 0 Å². The Bertz CT molecular complexity index is 547. The zero-order valence-corrected chi connectivity index (χ0v) is 12.2. The molecule has 0 unspecified atom stereocenters. The van der Waals surface area contributed by atoms with Crippen molar-refractivity contribution < 1.29 is 13.5 Å². The zero-order chi connectivity index (χ0) is 14.3. The molecule has 1 aliphatic carbocycles. The fraction of sp³-hybridized carbons (Fsp3) is 0.571. The molecule has 0 radical (unpaired) electrons. The third kappa shape index (κ3) is 2.20. The molecule has 2 rings (SSSR count). The van der Waals surface area contributed by atoms with Crippen LogP contribution < -0.4 is 5.73 Å². The molecule has 106 valence electrons. The van der Waals surface area contributed by atoms with E-state index in [-0.39, 0.29) is 24.8 Å². The zero-order valence-electron chi connectivity index (χ0n) is 11.3. The van der Waals surface area contributed by atoms with Crippen LogP contribution in [0, 0.1) is 12.3 Å². The van der Waals surface area contributed by atoms with Crippen molar-refractivity contribution in [2.45, 2.75) is 25.0 Å². The molecule has 4 nitrogen and oxygen atoms in total. The van der Waals surface area contributed by atoms with Crippen LogP contribution in [-0.4, -0.2) is 37.7 Å². The maximum absolute atomic E-state index is 12.2. The second kappa shape index (κ2) is 4.89. The van der Waals surface area contributed by atoms with E-state index in [1.807, 2.05) is 31.2 Å². The number of sulfone groups is 1. The first-order valence-corrected chi connectivity index (χ1v) is 8.23. The highest BCUT2D eigenvalue weighted by Crippen LogP contribution is 2.62. The van der Waals surface area contributed by atoms with E-state index in [0.29, 0.717) is 0 Å². The highest BCUT2D eigenvalue weighted by atomic mass is 32.2. The maximum atomic E-state index is 12.2. The predicted molar refractivity (Wildman–Crippen MR) is 75.7 cm³/mol. The molecular formula is C14H21NO3S. The Morgan fingerprint density at radius 3 is 2.32 bits per heavy atom. The van der Waals surface area contributed by atoms with E-state index in [4.69, 9.17) is 5.73 Å². The Kier molecular flexibility index (Phi) is 3.73. The molecule has 1 saturated carbocycles. The summed E-state index contributed by atoms with van der Waals surface area (Å²) in [5.74, 6) is -0.102. The molecule has 0 heterocycles. The van der Waals surface area contributed by atoms with Crippen LogP contribution in [0.4, 0.5) is 0 Å². The van der Waals surface area contributed by atoms with Gasteiger partial charge in [0.15, 0.2) is 9.84 Å². The van der Waals surface area contributed by atoms with Crippen molar-refractivity contribution in [3.63, 3.8) is 0 Å². The first-order chi connectivity index (χ1) is 8.93. The Balaban J connectivity index is 2.42. The summed E-state index contributed by atoms with van der Waals surface area (Å²) in [5, 5.41) is 9.07. The summed E-state index contributed by atoms with van der Waals surface area (Å²) in [7, 11) is -3.20. The van der Waals surface area contributed by atoms with Crippen molar-refractivity contribution in [2.75, 3.05) is 18.9 Å². The molecule has 0 amide bonds. The van der Waals surface area contributed by atoms with Gasteiger partial charge in [-0.15, -0.1) is 0 Å². The molecule has 0 aromatic heterocycles. The van der Waals surface area contributed by atoms with Crippen LogP contribution in [0.15, 0.2) is 24.3 Å². The second-order valence-corrected chi connectivity index (χ2v) is 7.77. The van der Waals surface area contributed by atoms with Gasteiger partial charge in [-0.2, -0.15) is 0 Å². The summed E-state index contributed by atoms with van der Waals surface area (Å²) in [6, 6.07) is 7.79. The van der Waals surface area contributed by atoms with Gasteiger partial charge in [-0.3, -0.25) is 0 Å². The minimum absolute atomic E-state index is 0.0851. The van der Waals surface area contributed by atoms with Crippen LogP contribution in [-0.2, 0) is 9.84 Å². The Hall–Kier alpha value is -0.910. The third-order valence-corrected chi connectivity index (χ3v) is 6.60. The first kappa shape index (κ1) is 14.5. The summed E-state index contributed by atoms with van der Waals surface area (Å²) >= 11 is 0. The topological polar surface area (TPSA) is 80.4 Å². The second-order valence-electron chi connectivity index (χ2n) is 5.36. The quantitative estimate of drug-likeness (QED) is 0.839. The monoisotopic (exact) mass is 283 g/mol. The molecular weight excluding hydrogens is 262 g/mol. The minimum Gasteiger partial charge on any atom is -0.396 e. The smallest absolute Gasteiger partial charge is 0.154 e. The summed E-state index contributed by atoms with van der Waals surface area (Å²) in [4.78, 5) is 0. The SMILES string of the molecule is CCS(=O)(=O)[C@H]1[C@H](c2ccc(C)cc2)[C@@]1(CN)CO. The largest absolute Gasteiger partial charge is 0.396 e. The molecule has 0 spiro atoms. The Morgan fingerprint density at radius 2 is 1.89 bits per heavy atom. The molecule has 1 aromatic rings. The lowest BCUT2D eigenvalue weighted by Crippen LogP contribution is -2.28. The number of aliphatic hydroxyl groups is 1. The van der Waals surface area contributed by atoms with Gasteiger partial charge < -0.3 is 10.8 Å². The van der Waals surface area contributed by atoms with Crippen LogP contribution in [0.2, 0.25) is 0 Å². The van der Waals surface area contributed by atoms with Crippen molar-refractivity contribution >= 4 is 9.84 Å². The summed E-state index contributed by atoms with van der Waals surface area (Å²) in [5.41, 5.74) is 7.13. The van der Waals surface area contributed by atoms with Gasteiger partial charge in [-0.25, -0.2) is 8.42 Å². The van der Waals surface area contributed by atoms with E-state index < -0.39 is 20.5 Å². The van der Waals surface area contributed by atoms with Crippen molar-refractivity contribution in [1.29, 1.82) is 0 Å². The van der Waals surface area contributed by atoms with Crippen LogP contribution in [0.5, 0.6) is 0 Å². The van der Waals surface area contributed by atoms with E-state index in [1.54, 1.807) is 6.92 Å². The van der Waals surface area contributed by atoms with Gasteiger partial charge in [-0.1, -0.05) is 36.8 Å². The Labute approximate surface area is 114 Å². The Morgan fingerprint density at radius 1 is 1.32 bits per heavy atom. The number of aliphatic hydroxyl groups excluding tert-OH is 1. The van der Waals surface area contributed by atoms with Gasteiger partial charge in [-0.05, 0) is 12.5 Å². The van der Waals surface area contributed by atoms with Gasteiger partial charge >= 0.3 is 0 Å². The average Bonchev–Trinajstić information content (AvgIpc) is 3.10. The van der Waals surface area contributed by atoms with E-state index >= 15 is 0 Å². The molecule has 3 atom stereocenters. The summed E-state index contributed by atoms with van der Waals surface area (Å²) < 4.78 is 24.4. The number of hydrogen-bond donors (Lipinski definition) is 2. The number of hydrogen-bond acceptors (Lipinski definition) is 4. The standard InChI is InChI=1S/C14H21NO3S/c1-3-19(17,18)13-12(14(13,8-15)9-16)11-6-4-10(2)5-7-11/h4-7,12-13,16H,3,8-9,15H2,1-2H3/t12-,13-,14+/m0/s1. The molecule has 1 aromatic carbocycles. The maximum Gasteiger partial charge on any atom is 0.154 e. The minimum atomic E-state index is -3.20. The number of rotatable bonds is 5.